The lowest BCUT2D eigenvalue weighted by molar-refractivity contribution is -0.137. The quantitative estimate of drug-likeness (QED) is 0.657. The molecule has 0 saturated carbocycles. The number of benzene rings is 2. The Morgan fingerprint density at radius 3 is 2.32 bits per heavy atom. The van der Waals surface area contributed by atoms with Crippen molar-refractivity contribution in [2.24, 2.45) is 0 Å². The van der Waals surface area contributed by atoms with Crippen LogP contribution in [0, 0.1) is 5.82 Å². The average molecular weight is 439 g/mol. The molecule has 1 heterocycles. The number of nitrogens with zero attached hydrogens (tertiary/aromatic N) is 1. The number of rotatable bonds is 6. The number of hydrogen-bond donors (Lipinski definition) is 2. The molecule has 0 radical (unpaired) electrons. The normalized spacial score (nSPS) is 16.5. The number of hydrogen-bond acceptors (Lipinski definition) is 4. The van der Waals surface area contributed by atoms with Gasteiger partial charge in [-0.15, -0.1) is 0 Å². The number of carbonyl (C=O) groups excluding carboxylic acids is 1. The van der Waals surface area contributed by atoms with E-state index in [2.05, 4.69) is 10.6 Å². The van der Waals surface area contributed by atoms with Crippen LogP contribution in [0.1, 0.15) is 31.0 Å². The van der Waals surface area contributed by atoms with Crippen LogP contribution < -0.4 is 15.5 Å². The molecule has 5 nitrogen and oxygen atoms in total. The number of anilines is 2. The van der Waals surface area contributed by atoms with Crippen molar-refractivity contribution in [3.05, 3.63) is 59.4 Å². The zero-order chi connectivity index (χ0) is 22.6. The molecule has 0 spiro atoms. The van der Waals surface area contributed by atoms with Gasteiger partial charge in [-0.3, -0.25) is 4.79 Å². The Labute approximate surface area is 178 Å². The highest BCUT2D eigenvalue weighted by molar-refractivity contribution is 5.86. The predicted octanol–water partition coefficient (Wildman–Crippen LogP) is 4.36. The van der Waals surface area contributed by atoms with Crippen LogP contribution in [-0.4, -0.2) is 38.3 Å². The van der Waals surface area contributed by atoms with Gasteiger partial charge in [0.25, 0.3) is 0 Å². The third-order valence-electron chi connectivity index (χ3n) is 5.17. The van der Waals surface area contributed by atoms with Crippen LogP contribution in [0.5, 0.6) is 0 Å². The van der Waals surface area contributed by atoms with Crippen molar-refractivity contribution in [2.45, 2.75) is 32.1 Å². The minimum Gasteiger partial charge on any atom is -0.378 e. The molecular weight excluding hydrogens is 414 g/mol. The molecule has 0 bridgehead atoms. The lowest BCUT2D eigenvalue weighted by Crippen LogP contribution is -2.40. The van der Waals surface area contributed by atoms with E-state index in [0.29, 0.717) is 32.0 Å². The topological polar surface area (TPSA) is 53.6 Å². The molecule has 0 aliphatic carbocycles. The first-order valence-corrected chi connectivity index (χ1v) is 10.0. The summed E-state index contributed by atoms with van der Waals surface area (Å²) in [7, 11) is 0. The molecule has 1 fully saturated rings. The highest BCUT2D eigenvalue weighted by Crippen LogP contribution is 2.36. The van der Waals surface area contributed by atoms with Gasteiger partial charge in [-0.2, -0.15) is 13.2 Å². The maximum atomic E-state index is 13.3. The summed E-state index contributed by atoms with van der Waals surface area (Å²) in [4.78, 5) is 14.6. The largest absolute Gasteiger partial charge is 0.416 e. The first-order valence-electron chi connectivity index (χ1n) is 10.0. The molecule has 1 aliphatic rings. The van der Waals surface area contributed by atoms with Gasteiger partial charge >= 0.3 is 6.18 Å². The smallest absolute Gasteiger partial charge is 0.378 e. The Kier molecular flexibility index (Phi) is 7.04. The summed E-state index contributed by atoms with van der Waals surface area (Å²) in [6.07, 6.45) is -4.50. The molecule has 0 unspecified atom stereocenters. The Bertz CT molecular complexity index is 897. The molecule has 2 atom stereocenters. The van der Waals surface area contributed by atoms with Crippen molar-refractivity contribution in [1.29, 1.82) is 0 Å². The van der Waals surface area contributed by atoms with Crippen molar-refractivity contribution in [1.82, 2.24) is 5.32 Å². The Balaban J connectivity index is 1.76. The lowest BCUT2D eigenvalue weighted by atomic mass is 10.1. The minimum absolute atomic E-state index is 0.230. The van der Waals surface area contributed by atoms with E-state index in [1.54, 1.807) is 26.0 Å². The fourth-order valence-electron chi connectivity index (χ4n) is 3.38. The van der Waals surface area contributed by atoms with Crippen LogP contribution >= 0.6 is 0 Å². The molecule has 2 aromatic carbocycles. The molecule has 0 aromatic heterocycles. The summed E-state index contributed by atoms with van der Waals surface area (Å²) in [5, 5.41) is 5.73. The van der Waals surface area contributed by atoms with Crippen LogP contribution in [0.15, 0.2) is 42.5 Å². The zero-order valence-electron chi connectivity index (χ0n) is 17.3. The summed E-state index contributed by atoms with van der Waals surface area (Å²) < 4.78 is 58.2. The van der Waals surface area contributed by atoms with Gasteiger partial charge in [0.15, 0.2) is 0 Å². The monoisotopic (exact) mass is 439 g/mol. The molecule has 2 aromatic rings. The van der Waals surface area contributed by atoms with Gasteiger partial charge in [-0.05, 0) is 49.7 Å². The Morgan fingerprint density at radius 2 is 1.71 bits per heavy atom. The number of ether oxygens (including phenoxy) is 1. The lowest BCUT2D eigenvalue weighted by Gasteiger charge is -2.32. The van der Waals surface area contributed by atoms with Crippen LogP contribution in [0.4, 0.5) is 28.9 Å². The Hall–Kier alpha value is -2.81. The number of alkyl halides is 3. The van der Waals surface area contributed by atoms with Gasteiger partial charge in [0.2, 0.25) is 5.91 Å². The van der Waals surface area contributed by atoms with E-state index in [1.165, 1.54) is 18.2 Å². The van der Waals surface area contributed by atoms with Crippen molar-refractivity contribution in [3.8, 4) is 0 Å². The summed E-state index contributed by atoms with van der Waals surface area (Å²) >= 11 is 0. The second-order valence-corrected chi connectivity index (χ2v) is 7.48. The molecule has 2 N–H and O–H groups in total. The summed E-state index contributed by atoms with van der Waals surface area (Å²) in [6.45, 7) is 5.37. The molecule has 1 amide bonds. The Morgan fingerprint density at radius 1 is 1.06 bits per heavy atom. The van der Waals surface area contributed by atoms with Gasteiger partial charge in [-0.1, -0.05) is 12.1 Å². The van der Waals surface area contributed by atoms with Crippen LogP contribution in [-0.2, 0) is 15.7 Å². The molecule has 31 heavy (non-hydrogen) atoms. The maximum Gasteiger partial charge on any atom is 0.416 e. The van der Waals surface area contributed by atoms with E-state index in [-0.39, 0.29) is 17.4 Å². The van der Waals surface area contributed by atoms with E-state index in [9.17, 15) is 22.4 Å². The second kappa shape index (κ2) is 9.55. The van der Waals surface area contributed by atoms with E-state index in [0.717, 1.165) is 17.7 Å². The molecule has 168 valence electrons. The number of halogens is 4. The number of nitrogens with one attached hydrogen (secondary N) is 2. The third-order valence-corrected chi connectivity index (χ3v) is 5.17. The molecule has 3 rings (SSSR count). The molecule has 1 aliphatic heterocycles. The molecule has 9 heteroatoms. The third kappa shape index (κ3) is 5.88. The molecular formula is C22H25F4N3O2. The van der Waals surface area contributed by atoms with Gasteiger partial charge in [0.1, 0.15) is 11.9 Å². The summed E-state index contributed by atoms with van der Waals surface area (Å²) in [6, 6.07) is 8.04. The van der Waals surface area contributed by atoms with E-state index >= 15 is 0 Å². The minimum atomic E-state index is -4.50. The standard InChI is InChI=1S/C22H25F4N3O2/c1-14(16-3-6-18(23)7-4-16)28-21(30)15(2)27-19-13-17(22(24,25)26)5-8-20(19)29-9-11-31-12-10-29/h3-8,13-15,27H,9-12H2,1-2H3,(H,28,30)/t14-,15-/m0/s1. The highest BCUT2D eigenvalue weighted by atomic mass is 19.4. The fraction of sp³-hybridized carbons (Fsp3) is 0.409. The number of morpholine rings is 1. The number of amides is 1. The van der Waals surface area contributed by atoms with Crippen molar-refractivity contribution >= 4 is 17.3 Å². The van der Waals surface area contributed by atoms with Crippen LogP contribution in [0.2, 0.25) is 0 Å². The van der Waals surface area contributed by atoms with Gasteiger partial charge in [-0.25, -0.2) is 4.39 Å². The van der Waals surface area contributed by atoms with E-state index < -0.39 is 23.8 Å². The van der Waals surface area contributed by atoms with Crippen LogP contribution in [0.3, 0.4) is 0 Å². The molecule has 1 saturated heterocycles. The summed E-state index contributed by atoms with van der Waals surface area (Å²) in [5.41, 5.74) is 0.741. The van der Waals surface area contributed by atoms with Gasteiger partial charge in [0.05, 0.1) is 36.2 Å². The second-order valence-electron chi connectivity index (χ2n) is 7.48. The summed E-state index contributed by atoms with van der Waals surface area (Å²) in [5.74, 6) is -0.764. The van der Waals surface area contributed by atoms with Crippen molar-refractivity contribution in [2.75, 3.05) is 36.5 Å². The predicted molar refractivity (Wildman–Crippen MR) is 111 cm³/mol. The average Bonchev–Trinajstić information content (AvgIpc) is 2.74. The van der Waals surface area contributed by atoms with Crippen LogP contribution in [0.25, 0.3) is 0 Å². The SMILES string of the molecule is C[C@H](Nc1cc(C(F)(F)F)ccc1N1CCOCC1)C(=O)N[C@@H](C)c1ccc(F)cc1. The first-order chi connectivity index (χ1) is 14.6. The van der Waals surface area contributed by atoms with Gasteiger partial charge in [0, 0.05) is 13.1 Å². The zero-order valence-corrected chi connectivity index (χ0v) is 17.3. The first kappa shape index (κ1) is 22.9. The van der Waals surface area contributed by atoms with E-state index in [1.807, 2.05) is 4.90 Å². The highest BCUT2D eigenvalue weighted by Gasteiger charge is 2.32. The fourth-order valence-corrected chi connectivity index (χ4v) is 3.38. The number of carbonyl (C=O) groups is 1. The van der Waals surface area contributed by atoms with Crippen molar-refractivity contribution in [3.63, 3.8) is 0 Å². The maximum absolute atomic E-state index is 13.3. The van der Waals surface area contributed by atoms with Gasteiger partial charge < -0.3 is 20.3 Å². The van der Waals surface area contributed by atoms with Crippen molar-refractivity contribution < 1.29 is 27.1 Å². The van der Waals surface area contributed by atoms with E-state index in [4.69, 9.17) is 4.74 Å².